The standard InChI is InChI=1S/C24H24N2O3/c1-17-8-10-18(11-9-17)23(27)26(4)20-12-14-22(15-13-20)29-24(28)19-6-5-7-21(16-19)25(2)3/h5-16H,1-4H3. The number of hydrogen-bond acceptors (Lipinski definition) is 4. The maximum Gasteiger partial charge on any atom is 0.343 e. The number of hydrogen-bond donors (Lipinski definition) is 0. The van der Waals surface area contributed by atoms with Crippen LogP contribution in [0.1, 0.15) is 26.3 Å². The highest BCUT2D eigenvalue weighted by atomic mass is 16.5. The van der Waals surface area contributed by atoms with E-state index in [1.807, 2.05) is 62.3 Å². The summed E-state index contributed by atoms with van der Waals surface area (Å²) in [6.07, 6.45) is 0. The van der Waals surface area contributed by atoms with E-state index in [-0.39, 0.29) is 5.91 Å². The lowest BCUT2D eigenvalue weighted by atomic mass is 10.1. The highest BCUT2D eigenvalue weighted by Crippen LogP contribution is 2.22. The van der Waals surface area contributed by atoms with E-state index in [0.29, 0.717) is 22.6 Å². The van der Waals surface area contributed by atoms with Crippen molar-refractivity contribution in [3.8, 4) is 5.75 Å². The van der Waals surface area contributed by atoms with Crippen LogP contribution < -0.4 is 14.5 Å². The number of anilines is 2. The van der Waals surface area contributed by atoms with Crippen LogP contribution in [0.3, 0.4) is 0 Å². The molecule has 0 N–H and O–H groups in total. The fraction of sp³-hybridized carbons (Fsp3) is 0.167. The van der Waals surface area contributed by atoms with Crippen molar-refractivity contribution in [2.24, 2.45) is 0 Å². The first-order valence-corrected chi connectivity index (χ1v) is 9.29. The van der Waals surface area contributed by atoms with E-state index >= 15 is 0 Å². The van der Waals surface area contributed by atoms with Gasteiger partial charge in [-0.25, -0.2) is 4.79 Å². The molecule has 0 aliphatic carbocycles. The van der Waals surface area contributed by atoms with Crippen molar-refractivity contribution in [1.82, 2.24) is 0 Å². The molecule has 0 aliphatic rings. The molecule has 0 saturated heterocycles. The fourth-order valence-electron chi connectivity index (χ4n) is 2.82. The molecule has 5 nitrogen and oxygen atoms in total. The van der Waals surface area contributed by atoms with Crippen molar-refractivity contribution in [3.05, 3.63) is 89.5 Å². The summed E-state index contributed by atoms with van der Waals surface area (Å²) in [5, 5.41) is 0. The van der Waals surface area contributed by atoms with Gasteiger partial charge in [-0.3, -0.25) is 4.79 Å². The normalized spacial score (nSPS) is 10.3. The van der Waals surface area contributed by atoms with Gasteiger partial charge in [0.1, 0.15) is 5.75 Å². The Morgan fingerprint density at radius 3 is 2.03 bits per heavy atom. The van der Waals surface area contributed by atoms with E-state index in [1.54, 1.807) is 48.3 Å². The molecule has 0 heterocycles. The van der Waals surface area contributed by atoms with E-state index < -0.39 is 5.97 Å². The van der Waals surface area contributed by atoms with E-state index in [4.69, 9.17) is 4.74 Å². The van der Waals surface area contributed by atoms with Crippen LogP contribution in [0.5, 0.6) is 5.75 Å². The topological polar surface area (TPSA) is 49.9 Å². The van der Waals surface area contributed by atoms with Gasteiger partial charge < -0.3 is 14.5 Å². The van der Waals surface area contributed by atoms with Gasteiger partial charge in [0.25, 0.3) is 5.91 Å². The molecule has 0 radical (unpaired) electrons. The Bertz CT molecular complexity index is 1010. The Morgan fingerprint density at radius 2 is 1.41 bits per heavy atom. The molecule has 148 valence electrons. The van der Waals surface area contributed by atoms with Crippen LogP contribution in [-0.4, -0.2) is 33.0 Å². The van der Waals surface area contributed by atoms with Gasteiger partial charge in [-0.05, 0) is 61.5 Å². The average Bonchev–Trinajstić information content (AvgIpc) is 2.74. The molecule has 0 aromatic heterocycles. The zero-order valence-corrected chi connectivity index (χ0v) is 17.0. The Hall–Kier alpha value is -3.60. The summed E-state index contributed by atoms with van der Waals surface area (Å²) in [4.78, 5) is 28.5. The monoisotopic (exact) mass is 388 g/mol. The predicted molar refractivity (Wildman–Crippen MR) is 116 cm³/mol. The van der Waals surface area contributed by atoms with Gasteiger partial charge in [0.05, 0.1) is 5.56 Å². The Labute approximate surface area is 171 Å². The van der Waals surface area contributed by atoms with E-state index in [9.17, 15) is 9.59 Å². The number of aryl methyl sites for hydroxylation is 1. The average molecular weight is 388 g/mol. The van der Waals surface area contributed by atoms with Gasteiger partial charge in [0, 0.05) is 38.1 Å². The van der Waals surface area contributed by atoms with Gasteiger partial charge >= 0.3 is 5.97 Å². The smallest absolute Gasteiger partial charge is 0.343 e. The minimum absolute atomic E-state index is 0.102. The minimum atomic E-state index is -0.425. The molecule has 5 heteroatoms. The maximum absolute atomic E-state index is 12.6. The Morgan fingerprint density at radius 1 is 0.759 bits per heavy atom. The summed E-state index contributed by atoms with van der Waals surface area (Å²) >= 11 is 0. The number of carbonyl (C=O) groups excluding carboxylic acids is 2. The summed E-state index contributed by atoms with van der Waals surface area (Å²) < 4.78 is 5.47. The van der Waals surface area contributed by atoms with Crippen molar-refractivity contribution in [2.45, 2.75) is 6.92 Å². The van der Waals surface area contributed by atoms with Crippen LogP contribution in [-0.2, 0) is 0 Å². The van der Waals surface area contributed by atoms with Gasteiger partial charge in [-0.2, -0.15) is 0 Å². The first-order valence-electron chi connectivity index (χ1n) is 9.29. The van der Waals surface area contributed by atoms with Gasteiger partial charge in [0.15, 0.2) is 0 Å². The lowest BCUT2D eigenvalue weighted by Gasteiger charge is -2.18. The third-order valence-electron chi connectivity index (χ3n) is 4.64. The number of carbonyl (C=O) groups is 2. The summed E-state index contributed by atoms with van der Waals surface area (Å²) in [6.45, 7) is 1.98. The quantitative estimate of drug-likeness (QED) is 0.475. The van der Waals surface area contributed by atoms with Crippen molar-refractivity contribution in [2.75, 3.05) is 30.9 Å². The van der Waals surface area contributed by atoms with Crippen LogP contribution in [0, 0.1) is 6.92 Å². The zero-order chi connectivity index (χ0) is 21.0. The molecule has 0 atom stereocenters. The molecule has 0 fully saturated rings. The molecule has 0 aliphatic heterocycles. The highest BCUT2D eigenvalue weighted by molar-refractivity contribution is 6.05. The van der Waals surface area contributed by atoms with Crippen LogP contribution in [0.15, 0.2) is 72.8 Å². The second kappa shape index (κ2) is 8.61. The van der Waals surface area contributed by atoms with Gasteiger partial charge in [-0.15, -0.1) is 0 Å². The Kier molecular flexibility index (Phi) is 5.98. The van der Waals surface area contributed by atoms with E-state index in [2.05, 4.69) is 0 Å². The van der Waals surface area contributed by atoms with Crippen molar-refractivity contribution >= 4 is 23.3 Å². The van der Waals surface area contributed by atoms with Gasteiger partial charge in [-0.1, -0.05) is 23.8 Å². The van der Waals surface area contributed by atoms with Crippen LogP contribution in [0.2, 0.25) is 0 Å². The molecule has 3 aromatic rings. The van der Waals surface area contributed by atoms with Crippen LogP contribution in [0.4, 0.5) is 11.4 Å². The first kappa shape index (κ1) is 20.1. The predicted octanol–water partition coefficient (Wildman–Crippen LogP) is 4.56. The Balaban J connectivity index is 1.69. The third kappa shape index (κ3) is 4.82. The second-order valence-electron chi connectivity index (χ2n) is 7.06. The molecule has 29 heavy (non-hydrogen) atoms. The number of esters is 1. The highest BCUT2D eigenvalue weighted by Gasteiger charge is 2.14. The number of rotatable bonds is 5. The van der Waals surface area contributed by atoms with Crippen LogP contribution in [0.25, 0.3) is 0 Å². The summed E-state index contributed by atoms with van der Waals surface area (Å²) in [5.41, 5.74) is 3.84. The summed E-state index contributed by atoms with van der Waals surface area (Å²) in [7, 11) is 5.55. The minimum Gasteiger partial charge on any atom is -0.423 e. The molecule has 0 saturated carbocycles. The third-order valence-corrected chi connectivity index (χ3v) is 4.64. The van der Waals surface area contributed by atoms with Crippen molar-refractivity contribution in [3.63, 3.8) is 0 Å². The lowest BCUT2D eigenvalue weighted by Crippen LogP contribution is -2.26. The first-order chi connectivity index (χ1) is 13.8. The number of nitrogens with zero attached hydrogens (tertiary/aromatic N) is 2. The number of ether oxygens (including phenoxy) is 1. The largest absolute Gasteiger partial charge is 0.423 e. The fourth-order valence-corrected chi connectivity index (χ4v) is 2.82. The summed E-state index contributed by atoms with van der Waals surface area (Å²) in [5.74, 6) is -0.106. The maximum atomic E-state index is 12.6. The van der Waals surface area contributed by atoms with Gasteiger partial charge in [0.2, 0.25) is 0 Å². The SMILES string of the molecule is Cc1ccc(C(=O)N(C)c2ccc(OC(=O)c3cccc(N(C)C)c3)cc2)cc1. The number of amides is 1. The second-order valence-corrected chi connectivity index (χ2v) is 7.06. The lowest BCUT2D eigenvalue weighted by molar-refractivity contribution is 0.0734. The van der Waals surface area contributed by atoms with Crippen molar-refractivity contribution in [1.29, 1.82) is 0 Å². The molecule has 3 aromatic carbocycles. The zero-order valence-electron chi connectivity index (χ0n) is 17.0. The molecular weight excluding hydrogens is 364 g/mol. The molecule has 1 amide bonds. The molecule has 0 unspecified atom stereocenters. The molecule has 0 spiro atoms. The van der Waals surface area contributed by atoms with E-state index in [1.165, 1.54) is 0 Å². The molecule has 0 bridgehead atoms. The molecular formula is C24H24N2O3. The van der Waals surface area contributed by atoms with Crippen molar-refractivity contribution < 1.29 is 14.3 Å². The summed E-state index contributed by atoms with van der Waals surface area (Å²) in [6, 6.07) is 21.6. The van der Waals surface area contributed by atoms with Crippen LogP contribution >= 0.6 is 0 Å². The molecule has 3 rings (SSSR count). The van der Waals surface area contributed by atoms with E-state index in [0.717, 1.165) is 11.3 Å². The number of benzene rings is 3.